The molecule has 0 unspecified atom stereocenters. The molecule has 0 saturated carbocycles. The first-order chi connectivity index (χ1) is 9.93. The number of halogens is 1. The van der Waals surface area contributed by atoms with Crippen LogP contribution in [-0.2, 0) is 0 Å². The van der Waals surface area contributed by atoms with Crippen LogP contribution >= 0.6 is 11.6 Å². The highest BCUT2D eigenvalue weighted by atomic mass is 35.5. The van der Waals surface area contributed by atoms with Gasteiger partial charge in [0.25, 0.3) is 5.69 Å². The zero-order valence-electron chi connectivity index (χ0n) is 10.4. The van der Waals surface area contributed by atoms with Crippen LogP contribution in [0, 0.1) is 10.1 Å². The summed E-state index contributed by atoms with van der Waals surface area (Å²) in [4.78, 5) is 35.4. The summed E-state index contributed by atoms with van der Waals surface area (Å²) >= 11 is 5.82. The van der Waals surface area contributed by atoms with E-state index in [9.17, 15) is 19.7 Å². The molecule has 6 nitrogen and oxygen atoms in total. The Bertz CT molecular complexity index is 845. The van der Waals surface area contributed by atoms with Gasteiger partial charge in [-0.25, -0.2) is 0 Å². The molecule has 0 saturated heterocycles. The van der Waals surface area contributed by atoms with Crippen LogP contribution in [0.3, 0.4) is 0 Å². The molecule has 0 radical (unpaired) electrons. The lowest BCUT2D eigenvalue weighted by Gasteiger charge is -2.19. The molecular weight excluding hydrogens is 296 g/mol. The molecule has 0 heterocycles. The fraction of sp³-hybridized carbons (Fsp3) is 0. The van der Waals surface area contributed by atoms with Gasteiger partial charge in [0.1, 0.15) is 10.6 Å². The Morgan fingerprint density at radius 3 is 2.10 bits per heavy atom. The van der Waals surface area contributed by atoms with Crippen molar-refractivity contribution < 1.29 is 14.5 Å². The van der Waals surface area contributed by atoms with Gasteiger partial charge in [0.2, 0.25) is 5.78 Å². The summed E-state index contributed by atoms with van der Waals surface area (Å²) in [6, 6.07) is 7.24. The third-order valence-electron chi connectivity index (χ3n) is 3.34. The SMILES string of the molecule is Nc1cc(Cl)c([N+](=O)[O-])c2c1C(=O)c1ccccc1C2=O. The molecule has 3 rings (SSSR count). The molecule has 104 valence electrons. The van der Waals surface area contributed by atoms with Gasteiger partial charge in [-0.05, 0) is 6.07 Å². The first kappa shape index (κ1) is 13.3. The number of nitrogen functional groups attached to an aromatic ring is 1. The zero-order valence-corrected chi connectivity index (χ0v) is 11.2. The molecule has 0 amide bonds. The summed E-state index contributed by atoms with van der Waals surface area (Å²) in [5.41, 5.74) is 4.90. The van der Waals surface area contributed by atoms with Gasteiger partial charge in [-0.1, -0.05) is 35.9 Å². The summed E-state index contributed by atoms with van der Waals surface area (Å²) < 4.78 is 0. The third-order valence-corrected chi connectivity index (χ3v) is 3.63. The number of nitrogens with zero attached hydrogens (tertiary/aromatic N) is 1. The van der Waals surface area contributed by atoms with E-state index in [4.69, 9.17) is 17.3 Å². The van der Waals surface area contributed by atoms with Crippen LogP contribution in [0.1, 0.15) is 31.8 Å². The molecule has 2 aromatic rings. The number of hydrogen-bond acceptors (Lipinski definition) is 5. The van der Waals surface area contributed by atoms with Gasteiger partial charge in [0.15, 0.2) is 5.78 Å². The highest BCUT2D eigenvalue weighted by molar-refractivity contribution is 6.37. The van der Waals surface area contributed by atoms with Crippen LogP contribution in [0.2, 0.25) is 5.02 Å². The van der Waals surface area contributed by atoms with Crippen molar-refractivity contribution in [3.63, 3.8) is 0 Å². The zero-order chi connectivity index (χ0) is 15.3. The number of nitro groups is 1. The quantitative estimate of drug-likeness (QED) is 0.423. The molecule has 7 heteroatoms. The van der Waals surface area contributed by atoms with Gasteiger partial charge in [-0.15, -0.1) is 0 Å². The summed E-state index contributed by atoms with van der Waals surface area (Å²) in [6.45, 7) is 0. The van der Waals surface area contributed by atoms with Crippen LogP contribution in [0.5, 0.6) is 0 Å². The Morgan fingerprint density at radius 1 is 1.05 bits per heavy atom. The number of benzene rings is 2. The van der Waals surface area contributed by atoms with E-state index >= 15 is 0 Å². The van der Waals surface area contributed by atoms with E-state index in [0.717, 1.165) is 6.07 Å². The van der Waals surface area contributed by atoms with E-state index in [1.165, 1.54) is 12.1 Å². The number of anilines is 1. The minimum atomic E-state index is -0.778. The highest BCUT2D eigenvalue weighted by Gasteiger charge is 2.38. The van der Waals surface area contributed by atoms with Crippen molar-refractivity contribution in [2.24, 2.45) is 0 Å². The number of carbonyl (C=O) groups is 2. The fourth-order valence-corrected chi connectivity index (χ4v) is 2.73. The van der Waals surface area contributed by atoms with Crippen molar-refractivity contribution in [1.29, 1.82) is 0 Å². The largest absolute Gasteiger partial charge is 0.398 e. The predicted molar refractivity (Wildman–Crippen MR) is 75.8 cm³/mol. The van der Waals surface area contributed by atoms with Gasteiger partial charge in [-0.2, -0.15) is 0 Å². The van der Waals surface area contributed by atoms with Crippen molar-refractivity contribution in [2.45, 2.75) is 0 Å². The van der Waals surface area contributed by atoms with Crippen molar-refractivity contribution in [3.8, 4) is 0 Å². The van der Waals surface area contributed by atoms with E-state index in [-0.39, 0.29) is 33.0 Å². The molecule has 2 N–H and O–H groups in total. The summed E-state index contributed by atoms with van der Waals surface area (Å²) in [7, 11) is 0. The first-order valence-electron chi connectivity index (χ1n) is 5.88. The number of hydrogen-bond donors (Lipinski definition) is 1. The van der Waals surface area contributed by atoms with Crippen LogP contribution in [0.25, 0.3) is 0 Å². The van der Waals surface area contributed by atoms with Gasteiger partial charge in [0.05, 0.1) is 10.5 Å². The maximum Gasteiger partial charge on any atom is 0.299 e. The number of carbonyl (C=O) groups excluding carboxylic acids is 2. The monoisotopic (exact) mass is 302 g/mol. The molecule has 0 fully saturated rings. The Balaban J connectivity index is 2.45. The third kappa shape index (κ3) is 1.73. The standard InChI is InChI=1S/C14H7ClN2O4/c15-8-5-9(16)10-11(12(8)17(20)21)14(19)7-4-2-1-3-6(7)13(10)18/h1-5H,16H2. The Labute approximate surface area is 123 Å². The lowest BCUT2D eigenvalue weighted by molar-refractivity contribution is -0.385. The lowest BCUT2D eigenvalue weighted by Crippen LogP contribution is -2.23. The maximum absolute atomic E-state index is 12.5. The van der Waals surface area contributed by atoms with E-state index < -0.39 is 22.2 Å². The highest BCUT2D eigenvalue weighted by Crippen LogP contribution is 2.40. The van der Waals surface area contributed by atoms with Crippen molar-refractivity contribution in [2.75, 3.05) is 5.73 Å². The maximum atomic E-state index is 12.5. The number of nitro benzene ring substituents is 1. The molecule has 0 bridgehead atoms. The topological polar surface area (TPSA) is 103 Å². The number of rotatable bonds is 1. The minimum absolute atomic E-state index is 0.0477. The summed E-state index contributed by atoms with van der Waals surface area (Å²) in [6.07, 6.45) is 0. The van der Waals surface area contributed by atoms with Gasteiger partial charge in [0, 0.05) is 16.8 Å². The molecule has 0 atom stereocenters. The fourth-order valence-electron chi connectivity index (χ4n) is 2.45. The van der Waals surface area contributed by atoms with E-state index in [1.807, 2.05) is 0 Å². The molecule has 1 aliphatic rings. The second-order valence-corrected chi connectivity index (χ2v) is 4.91. The summed E-state index contributed by atoms with van der Waals surface area (Å²) in [5, 5.41) is 10.9. The normalized spacial score (nSPS) is 12.8. The number of fused-ring (bicyclic) bond motifs is 2. The Kier molecular flexibility index (Phi) is 2.77. The molecule has 0 spiro atoms. The minimum Gasteiger partial charge on any atom is -0.398 e. The van der Waals surface area contributed by atoms with E-state index in [0.29, 0.717) is 0 Å². The summed E-state index contributed by atoms with van der Waals surface area (Å²) in [5.74, 6) is -1.14. The van der Waals surface area contributed by atoms with Crippen LogP contribution in [0.4, 0.5) is 11.4 Å². The number of nitrogens with two attached hydrogens (primary N) is 1. The molecule has 1 aliphatic carbocycles. The van der Waals surface area contributed by atoms with Crippen molar-refractivity contribution >= 4 is 34.5 Å². The average molecular weight is 303 g/mol. The smallest absolute Gasteiger partial charge is 0.299 e. The van der Waals surface area contributed by atoms with Crippen LogP contribution in [-0.4, -0.2) is 16.5 Å². The number of ketones is 2. The van der Waals surface area contributed by atoms with Gasteiger partial charge < -0.3 is 5.73 Å². The molecule has 2 aromatic carbocycles. The molecule has 0 aliphatic heterocycles. The van der Waals surface area contributed by atoms with E-state index in [1.54, 1.807) is 12.1 Å². The van der Waals surface area contributed by atoms with Crippen LogP contribution in [0.15, 0.2) is 30.3 Å². The lowest BCUT2D eigenvalue weighted by atomic mass is 9.82. The second kappa shape index (κ2) is 4.39. The van der Waals surface area contributed by atoms with Gasteiger partial charge in [-0.3, -0.25) is 19.7 Å². The van der Waals surface area contributed by atoms with Gasteiger partial charge >= 0.3 is 0 Å². The Hall–Kier alpha value is -2.73. The van der Waals surface area contributed by atoms with Crippen LogP contribution < -0.4 is 5.73 Å². The predicted octanol–water partition coefficient (Wildman–Crippen LogP) is 2.61. The van der Waals surface area contributed by atoms with Crippen molar-refractivity contribution in [3.05, 3.63) is 67.7 Å². The molecular formula is C14H7ClN2O4. The molecule has 0 aromatic heterocycles. The molecule has 21 heavy (non-hydrogen) atoms. The first-order valence-corrected chi connectivity index (χ1v) is 6.26. The Morgan fingerprint density at radius 2 is 1.57 bits per heavy atom. The second-order valence-electron chi connectivity index (χ2n) is 4.51. The van der Waals surface area contributed by atoms with Crippen molar-refractivity contribution in [1.82, 2.24) is 0 Å². The average Bonchev–Trinajstić information content (AvgIpc) is 2.43. The van der Waals surface area contributed by atoms with E-state index in [2.05, 4.69) is 0 Å².